The molecular weight excluding hydrogens is 236 g/mol. The molecule has 17 heavy (non-hydrogen) atoms. The Morgan fingerprint density at radius 1 is 0.706 bits per heavy atom. The first-order valence-electron chi connectivity index (χ1n) is 4.33. The predicted octanol–water partition coefficient (Wildman–Crippen LogP) is 0.0377. The lowest BCUT2D eigenvalue weighted by Gasteiger charge is -1.89. The van der Waals surface area contributed by atoms with Crippen LogP contribution in [-0.4, -0.2) is 44.3 Å². The van der Waals surface area contributed by atoms with Crippen LogP contribution in [0, 0.1) is 0 Å². The fraction of sp³-hybridized carbons (Fsp3) is 0.333. The van der Waals surface area contributed by atoms with Gasteiger partial charge < -0.3 is 20.4 Å². The van der Waals surface area contributed by atoms with Gasteiger partial charge in [0.1, 0.15) is 0 Å². The summed E-state index contributed by atoms with van der Waals surface area (Å²) in [5.74, 6) is -4.41. The van der Waals surface area contributed by atoms with E-state index < -0.39 is 23.9 Å². The normalized spacial score (nSPS) is 9.18. The predicted molar refractivity (Wildman–Crippen MR) is 53.5 cm³/mol. The maximum atomic E-state index is 9.79. The van der Waals surface area contributed by atoms with E-state index in [9.17, 15) is 19.2 Å². The van der Waals surface area contributed by atoms with Crippen molar-refractivity contribution >= 4 is 23.9 Å². The van der Waals surface area contributed by atoms with Gasteiger partial charge in [0.2, 0.25) is 0 Å². The van der Waals surface area contributed by atoms with Gasteiger partial charge in [0, 0.05) is 25.0 Å². The average Bonchev–Trinajstić information content (AvgIpc) is 2.14. The molecule has 0 aliphatic rings. The van der Waals surface area contributed by atoms with Crippen molar-refractivity contribution in [1.82, 2.24) is 0 Å². The number of hydrogen-bond acceptors (Lipinski definition) is 4. The van der Waals surface area contributed by atoms with Crippen LogP contribution in [0.4, 0.5) is 0 Å². The highest BCUT2D eigenvalue weighted by Crippen LogP contribution is 1.93. The number of carboxylic acid groups (broad SMARTS) is 4. The van der Waals surface area contributed by atoms with Crippen molar-refractivity contribution in [3.05, 3.63) is 12.2 Å². The van der Waals surface area contributed by atoms with Gasteiger partial charge in [-0.15, -0.1) is 0 Å². The number of hydrogen-bond donors (Lipinski definition) is 4. The molecule has 0 radical (unpaired) electrons. The number of rotatable bonds is 6. The summed E-state index contributed by atoms with van der Waals surface area (Å²) < 4.78 is 0. The second-order valence-corrected chi connectivity index (χ2v) is 2.65. The largest absolute Gasteiger partial charge is 0.481 e. The van der Waals surface area contributed by atoms with Gasteiger partial charge in [0.05, 0.1) is 0 Å². The van der Waals surface area contributed by atoms with E-state index in [1.165, 1.54) is 0 Å². The van der Waals surface area contributed by atoms with Crippen molar-refractivity contribution in [2.24, 2.45) is 0 Å². The van der Waals surface area contributed by atoms with Gasteiger partial charge in [-0.25, -0.2) is 9.59 Å². The van der Waals surface area contributed by atoms with Crippen molar-refractivity contribution in [3.63, 3.8) is 0 Å². The molecule has 0 aromatic rings. The molecule has 96 valence electrons. The first-order chi connectivity index (χ1) is 7.75. The topological polar surface area (TPSA) is 149 Å². The van der Waals surface area contributed by atoms with Crippen LogP contribution < -0.4 is 0 Å². The molecule has 0 rings (SSSR count). The van der Waals surface area contributed by atoms with E-state index in [-0.39, 0.29) is 19.3 Å². The van der Waals surface area contributed by atoms with Gasteiger partial charge in [0.15, 0.2) is 0 Å². The van der Waals surface area contributed by atoms with Crippen LogP contribution in [0.2, 0.25) is 0 Å². The SMILES string of the molecule is O=C(O)/C=C/C(=O)O.O=C(O)CCCC(=O)O. The van der Waals surface area contributed by atoms with Crippen LogP contribution in [0.1, 0.15) is 19.3 Å². The Labute approximate surface area is 95.8 Å². The fourth-order valence-corrected chi connectivity index (χ4v) is 0.533. The zero-order chi connectivity index (χ0) is 13.8. The number of carboxylic acids is 4. The molecule has 0 saturated heterocycles. The molecule has 0 unspecified atom stereocenters. The Morgan fingerprint density at radius 2 is 1.00 bits per heavy atom. The third kappa shape index (κ3) is 24.7. The van der Waals surface area contributed by atoms with Crippen LogP contribution >= 0.6 is 0 Å². The highest BCUT2D eigenvalue weighted by Gasteiger charge is 1.99. The number of aliphatic carboxylic acids is 4. The fourth-order valence-electron chi connectivity index (χ4n) is 0.533. The van der Waals surface area contributed by atoms with E-state index in [0.717, 1.165) is 0 Å². The first-order valence-corrected chi connectivity index (χ1v) is 4.33. The zero-order valence-electron chi connectivity index (χ0n) is 8.70. The van der Waals surface area contributed by atoms with Crippen molar-refractivity contribution in [2.75, 3.05) is 0 Å². The molecule has 0 aromatic carbocycles. The minimum absolute atomic E-state index is 0.0632. The van der Waals surface area contributed by atoms with Crippen molar-refractivity contribution < 1.29 is 39.6 Å². The molecule has 0 aromatic heterocycles. The van der Waals surface area contributed by atoms with E-state index >= 15 is 0 Å². The summed E-state index contributed by atoms with van der Waals surface area (Å²) in [6, 6.07) is 0. The minimum Gasteiger partial charge on any atom is -0.481 e. The molecule has 0 aliphatic heterocycles. The maximum Gasteiger partial charge on any atom is 0.328 e. The van der Waals surface area contributed by atoms with Crippen LogP contribution in [0.15, 0.2) is 12.2 Å². The summed E-state index contributed by atoms with van der Waals surface area (Å²) in [6.45, 7) is 0. The monoisotopic (exact) mass is 248 g/mol. The van der Waals surface area contributed by atoms with E-state index in [1.807, 2.05) is 0 Å². The Hall–Kier alpha value is -2.38. The van der Waals surface area contributed by atoms with Gasteiger partial charge in [-0.1, -0.05) is 0 Å². The molecule has 0 atom stereocenters. The average molecular weight is 248 g/mol. The Kier molecular flexibility index (Phi) is 10.2. The first kappa shape index (κ1) is 17.0. The highest BCUT2D eigenvalue weighted by atomic mass is 16.4. The molecule has 8 nitrogen and oxygen atoms in total. The van der Waals surface area contributed by atoms with Crippen molar-refractivity contribution in [1.29, 1.82) is 0 Å². The molecule has 0 spiro atoms. The molecule has 0 fully saturated rings. The second-order valence-electron chi connectivity index (χ2n) is 2.65. The van der Waals surface area contributed by atoms with Crippen LogP contribution in [0.5, 0.6) is 0 Å². The smallest absolute Gasteiger partial charge is 0.328 e. The summed E-state index contributed by atoms with van der Waals surface area (Å²) in [7, 11) is 0. The van der Waals surface area contributed by atoms with Crippen molar-refractivity contribution in [3.8, 4) is 0 Å². The molecule has 0 aliphatic carbocycles. The van der Waals surface area contributed by atoms with Crippen LogP contribution in [0.25, 0.3) is 0 Å². The lowest BCUT2D eigenvalue weighted by Crippen LogP contribution is -1.98. The van der Waals surface area contributed by atoms with Gasteiger partial charge in [-0.3, -0.25) is 9.59 Å². The summed E-state index contributed by atoms with van der Waals surface area (Å²) in [4.78, 5) is 38.7. The molecule has 0 saturated carbocycles. The van der Waals surface area contributed by atoms with Gasteiger partial charge in [0.25, 0.3) is 0 Å². The lowest BCUT2D eigenvalue weighted by atomic mass is 10.2. The maximum absolute atomic E-state index is 9.79. The van der Waals surface area contributed by atoms with E-state index in [1.54, 1.807) is 0 Å². The van der Waals surface area contributed by atoms with E-state index in [0.29, 0.717) is 12.2 Å². The molecule has 0 amide bonds. The molecule has 0 heterocycles. The molecule has 0 bridgehead atoms. The quantitative estimate of drug-likeness (QED) is 0.481. The zero-order valence-corrected chi connectivity index (χ0v) is 8.70. The Morgan fingerprint density at radius 3 is 1.18 bits per heavy atom. The number of carbonyl (C=O) groups is 4. The van der Waals surface area contributed by atoms with Gasteiger partial charge in [-0.2, -0.15) is 0 Å². The van der Waals surface area contributed by atoms with E-state index in [4.69, 9.17) is 20.4 Å². The standard InChI is InChI=1S/C5H8O4.C4H4O4/c6-4(7)2-1-3-5(8)9;5-3(6)1-2-4(7)8/h1-3H2,(H,6,7)(H,8,9);1-2H,(H,5,6)(H,7,8)/b;2-1+. The van der Waals surface area contributed by atoms with Gasteiger partial charge in [-0.05, 0) is 6.42 Å². The second kappa shape index (κ2) is 10.1. The third-order valence-electron chi connectivity index (χ3n) is 1.15. The Balaban J connectivity index is 0. The molecule has 4 N–H and O–H groups in total. The highest BCUT2D eigenvalue weighted by molar-refractivity contribution is 5.89. The minimum atomic E-state index is -1.26. The van der Waals surface area contributed by atoms with Crippen molar-refractivity contribution in [2.45, 2.75) is 19.3 Å². The molecule has 8 heteroatoms. The molecular formula is C9H12O8. The summed E-state index contributed by atoms with van der Waals surface area (Å²) in [5.41, 5.74) is 0. The summed E-state index contributed by atoms with van der Waals surface area (Å²) >= 11 is 0. The Bertz CT molecular complexity index is 287. The van der Waals surface area contributed by atoms with Crippen LogP contribution in [0.3, 0.4) is 0 Å². The van der Waals surface area contributed by atoms with E-state index in [2.05, 4.69) is 0 Å². The summed E-state index contributed by atoms with van der Waals surface area (Å²) in [6.07, 6.45) is 1.20. The summed E-state index contributed by atoms with van der Waals surface area (Å²) in [5, 5.41) is 31.7. The lowest BCUT2D eigenvalue weighted by molar-refractivity contribution is -0.139. The third-order valence-corrected chi connectivity index (χ3v) is 1.15. The van der Waals surface area contributed by atoms with Gasteiger partial charge >= 0.3 is 23.9 Å². The van der Waals surface area contributed by atoms with Crippen LogP contribution in [-0.2, 0) is 19.2 Å².